The van der Waals surface area contributed by atoms with Crippen LogP contribution in [0.5, 0.6) is 0 Å². The van der Waals surface area contributed by atoms with Gasteiger partial charge in [0.1, 0.15) is 10.1 Å². The van der Waals surface area contributed by atoms with Crippen LogP contribution in [0, 0.1) is 20.8 Å². The summed E-state index contributed by atoms with van der Waals surface area (Å²) in [5.41, 5.74) is 2.74. The molecule has 0 aromatic heterocycles. The van der Waals surface area contributed by atoms with Gasteiger partial charge in [0.05, 0.1) is 4.90 Å². The standard InChI is InChI=1S/C15H14Cl2O3S/c1-8-7-9(2)15(21(18,19)20)10(3)13(8)14-11(16)5-4-6-12(14)17/h4-7H,1-3H3,(H,18,19,20)/p-1. The van der Waals surface area contributed by atoms with E-state index in [2.05, 4.69) is 0 Å². The van der Waals surface area contributed by atoms with Crippen molar-refractivity contribution in [2.24, 2.45) is 0 Å². The molecule has 0 unspecified atom stereocenters. The molecule has 112 valence electrons. The minimum absolute atomic E-state index is 0.209. The highest BCUT2D eigenvalue weighted by molar-refractivity contribution is 7.85. The summed E-state index contributed by atoms with van der Waals surface area (Å²) in [4.78, 5) is -0.209. The summed E-state index contributed by atoms with van der Waals surface area (Å²) >= 11 is 12.4. The zero-order chi connectivity index (χ0) is 15.9. The molecule has 0 heterocycles. The average Bonchev–Trinajstić information content (AvgIpc) is 2.30. The van der Waals surface area contributed by atoms with E-state index in [4.69, 9.17) is 23.2 Å². The second-order valence-corrected chi connectivity index (χ2v) is 7.02. The first-order valence-electron chi connectivity index (χ1n) is 6.15. The maximum atomic E-state index is 11.5. The maximum absolute atomic E-state index is 11.5. The molecule has 2 rings (SSSR count). The highest BCUT2D eigenvalue weighted by Crippen LogP contribution is 2.40. The Morgan fingerprint density at radius 2 is 1.48 bits per heavy atom. The summed E-state index contributed by atoms with van der Waals surface area (Å²) < 4.78 is 34.6. The molecular weight excluding hydrogens is 331 g/mol. The van der Waals surface area contributed by atoms with Gasteiger partial charge < -0.3 is 4.55 Å². The van der Waals surface area contributed by atoms with Gasteiger partial charge in [0, 0.05) is 15.6 Å². The van der Waals surface area contributed by atoms with Gasteiger partial charge in [0.25, 0.3) is 0 Å². The molecule has 0 aliphatic rings. The molecule has 6 heteroatoms. The number of benzene rings is 2. The maximum Gasteiger partial charge on any atom is 0.124 e. The second kappa shape index (κ2) is 5.61. The van der Waals surface area contributed by atoms with Gasteiger partial charge in [-0.05, 0) is 55.2 Å². The fourth-order valence-corrected chi connectivity index (χ4v) is 4.19. The van der Waals surface area contributed by atoms with Crippen molar-refractivity contribution in [2.75, 3.05) is 0 Å². The lowest BCUT2D eigenvalue weighted by Crippen LogP contribution is -2.07. The Morgan fingerprint density at radius 3 is 1.95 bits per heavy atom. The SMILES string of the molecule is Cc1cc(C)c(S(=O)(=O)[O-])c(C)c1-c1c(Cl)cccc1Cl. The van der Waals surface area contributed by atoms with Gasteiger partial charge >= 0.3 is 0 Å². The zero-order valence-corrected chi connectivity index (χ0v) is 14.0. The molecule has 21 heavy (non-hydrogen) atoms. The number of rotatable bonds is 2. The highest BCUT2D eigenvalue weighted by Gasteiger charge is 2.20. The van der Waals surface area contributed by atoms with Crippen molar-refractivity contribution in [3.63, 3.8) is 0 Å². The minimum Gasteiger partial charge on any atom is -0.744 e. The van der Waals surface area contributed by atoms with Crippen LogP contribution in [0.4, 0.5) is 0 Å². The Labute approximate surface area is 134 Å². The molecule has 3 nitrogen and oxygen atoms in total. The summed E-state index contributed by atoms with van der Waals surface area (Å²) in [6.45, 7) is 5.03. The van der Waals surface area contributed by atoms with Crippen molar-refractivity contribution >= 4 is 33.3 Å². The monoisotopic (exact) mass is 343 g/mol. The smallest absolute Gasteiger partial charge is 0.124 e. The first-order valence-corrected chi connectivity index (χ1v) is 8.32. The van der Waals surface area contributed by atoms with Crippen LogP contribution < -0.4 is 0 Å². The van der Waals surface area contributed by atoms with E-state index in [1.165, 1.54) is 0 Å². The first-order chi connectivity index (χ1) is 9.64. The predicted octanol–water partition coefficient (Wildman–Crippen LogP) is 4.49. The summed E-state index contributed by atoms with van der Waals surface area (Å²) in [5, 5.41) is 0.818. The van der Waals surface area contributed by atoms with Crippen molar-refractivity contribution < 1.29 is 13.0 Å². The van der Waals surface area contributed by atoms with Crippen LogP contribution in [0.15, 0.2) is 29.2 Å². The fourth-order valence-electron chi connectivity index (χ4n) is 2.67. The minimum atomic E-state index is -4.57. The van der Waals surface area contributed by atoms with E-state index in [-0.39, 0.29) is 4.90 Å². The van der Waals surface area contributed by atoms with E-state index >= 15 is 0 Å². The molecule has 0 aliphatic heterocycles. The van der Waals surface area contributed by atoms with Gasteiger partial charge in [-0.15, -0.1) is 0 Å². The number of hydrogen-bond acceptors (Lipinski definition) is 3. The highest BCUT2D eigenvalue weighted by atomic mass is 35.5. The zero-order valence-electron chi connectivity index (χ0n) is 11.7. The van der Waals surface area contributed by atoms with E-state index < -0.39 is 10.1 Å². The number of halogens is 2. The second-order valence-electron chi connectivity index (χ2n) is 4.89. The van der Waals surface area contributed by atoms with Crippen molar-refractivity contribution in [3.8, 4) is 11.1 Å². The third-order valence-electron chi connectivity index (χ3n) is 3.36. The molecule has 0 radical (unpaired) electrons. The fraction of sp³-hybridized carbons (Fsp3) is 0.200. The summed E-state index contributed by atoms with van der Waals surface area (Å²) in [6.07, 6.45) is 0. The Bertz CT molecular complexity index is 807. The van der Waals surface area contributed by atoms with Crippen LogP contribution in [-0.2, 0) is 10.1 Å². The predicted molar refractivity (Wildman–Crippen MR) is 84.1 cm³/mol. The molecule has 0 aliphatic carbocycles. The Hall–Kier alpha value is -1.07. The van der Waals surface area contributed by atoms with Gasteiger partial charge in [-0.1, -0.05) is 35.3 Å². The van der Waals surface area contributed by atoms with Crippen LogP contribution in [0.1, 0.15) is 16.7 Å². The summed E-state index contributed by atoms with van der Waals surface area (Å²) in [7, 11) is -4.57. The molecule has 0 spiro atoms. The quantitative estimate of drug-likeness (QED) is 0.754. The molecule has 0 fully saturated rings. The van der Waals surface area contributed by atoms with Crippen molar-refractivity contribution in [1.82, 2.24) is 0 Å². The molecular formula is C15H13Cl2O3S-. The molecule has 0 N–H and O–H groups in total. The largest absolute Gasteiger partial charge is 0.744 e. The molecule has 2 aromatic rings. The topological polar surface area (TPSA) is 57.2 Å². The van der Waals surface area contributed by atoms with Crippen LogP contribution in [0.2, 0.25) is 10.0 Å². The van der Waals surface area contributed by atoms with E-state index in [1.54, 1.807) is 38.1 Å². The molecule has 0 saturated heterocycles. The Balaban J connectivity index is 2.95. The van der Waals surface area contributed by atoms with Crippen LogP contribution in [-0.4, -0.2) is 13.0 Å². The third-order valence-corrected chi connectivity index (χ3v) is 5.12. The number of aryl methyl sites for hydroxylation is 2. The van der Waals surface area contributed by atoms with Crippen LogP contribution in [0.3, 0.4) is 0 Å². The summed E-state index contributed by atoms with van der Waals surface area (Å²) in [5.74, 6) is 0. The lowest BCUT2D eigenvalue weighted by atomic mass is 9.93. The van der Waals surface area contributed by atoms with Gasteiger partial charge in [0.15, 0.2) is 0 Å². The van der Waals surface area contributed by atoms with E-state index in [0.717, 1.165) is 5.56 Å². The van der Waals surface area contributed by atoms with E-state index in [9.17, 15) is 13.0 Å². The molecule has 0 amide bonds. The van der Waals surface area contributed by atoms with Gasteiger partial charge in [-0.2, -0.15) is 0 Å². The van der Waals surface area contributed by atoms with Crippen LogP contribution >= 0.6 is 23.2 Å². The molecule has 0 atom stereocenters. The Morgan fingerprint density at radius 1 is 0.952 bits per heavy atom. The van der Waals surface area contributed by atoms with Crippen molar-refractivity contribution in [1.29, 1.82) is 0 Å². The van der Waals surface area contributed by atoms with Crippen molar-refractivity contribution in [2.45, 2.75) is 25.7 Å². The Kier molecular flexibility index (Phi) is 4.36. The lowest BCUT2D eigenvalue weighted by Gasteiger charge is -2.20. The summed E-state index contributed by atoms with van der Waals surface area (Å²) in [6, 6.07) is 6.71. The van der Waals surface area contributed by atoms with Gasteiger partial charge in [-0.3, -0.25) is 0 Å². The van der Waals surface area contributed by atoms with Crippen LogP contribution in [0.25, 0.3) is 11.1 Å². The third kappa shape index (κ3) is 2.94. The first kappa shape index (κ1) is 16.3. The molecule has 2 aromatic carbocycles. The lowest BCUT2D eigenvalue weighted by molar-refractivity contribution is 0.462. The van der Waals surface area contributed by atoms with Crippen molar-refractivity contribution in [3.05, 3.63) is 51.0 Å². The van der Waals surface area contributed by atoms with Gasteiger partial charge in [-0.25, -0.2) is 8.42 Å². The normalized spacial score (nSPS) is 11.7. The number of hydrogen-bond donors (Lipinski definition) is 0. The van der Waals surface area contributed by atoms with Gasteiger partial charge in [0.2, 0.25) is 0 Å². The molecule has 0 saturated carbocycles. The van der Waals surface area contributed by atoms with E-state index in [0.29, 0.717) is 32.3 Å². The molecule has 0 bridgehead atoms. The van der Waals surface area contributed by atoms with E-state index in [1.807, 2.05) is 6.92 Å². The average molecular weight is 344 g/mol.